The molecule has 0 aromatic heterocycles. The fourth-order valence-corrected chi connectivity index (χ4v) is 4.64. The van der Waals surface area contributed by atoms with Crippen LogP contribution in [-0.4, -0.2) is 29.9 Å². The molecule has 32 heavy (non-hydrogen) atoms. The zero-order valence-electron chi connectivity index (χ0n) is 17.7. The van der Waals surface area contributed by atoms with E-state index in [0.717, 1.165) is 35.7 Å². The first-order valence-electron chi connectivity index (χ1n) is 10.5. The maximum absolute atomic E-state index is 12.7. The van der Waals surface area contributed by atoms with Crippen LogP contribution in [-0.2, 0) is 0 Å². The Balaban J connectivity index is 1.54. The minimum Gasteiger partial charge on any atom is -0.348 e. The Kier molecular flexibility index (Phi) is 6.81. The lowest BCUT2D eigenvalue weighted by Crippen LogP contribution is -2.38. The van der Waals surface area contributed by atoms with Gasteiger partial charge >= 0.3 is 0 Å². The van der Waals surface area contributed by atoms with E-state index in [1.165, 1.54) is 5.56 Å². The number of nitriles is 1. The number of rotatable bonds is 5. The van der Waals surface area contributed by atoms with Crippen molar-refractivity contribution in [2.45, 2.75) is 25.4 Å². The maximum atomic E-state index is 12.7. The highest BCUT2D eigenvalue weighted by atomic mass is 35.5. The average molecular weight is 464 g/mol. The molecule has 1 saturated heterocycles. The first-order valence-corrected chi connectivity index (χ1v) is 11.3. The molecule has 2 atom stereocenters. The SMILES string of the molecule is Cc1cc(Cl)ccc1[C@@H](c1ccc(Cl)cc1)N1CCC(NC(=O)c2ccc(C#N)cc2)C1. The third-order valence-electron chi connectivity index (χ3n) is 5.91. The minimum atomic E-state index is -0.118. The molecule has 3 aromatic rings. The van der Waals surface area contributed by atoms with E-state index in [2.05, 4.69) is 41.4 Å². The van der Waals surface area contributed by atoms with Gasteiger partial charge in [-0.15, -0.1) is 0 Å². The number of halogens is 2. The summed E-state index contributed by atoms with van der Waals surface area (Å²) < 4.78 is 0. The molecule has 1 aliphatic rings. The van der Waals surface area contributed by atoms with Gasteiger partial charge in [0.2, 0.25) is 0 Å². The largest absolute Gasteiger partial charge is 0.348 e. The number of nitrogens with zero attached hydrogens (tertiary/aromatic N) is 2. The number of hydrogen-bond acceptors (Lipinski definition) is 3. The van der Waals surface area contributed by atoms with Crippen LogP contribution < -0.4 is 5.32 Å². The van der Waals surface area contributed by atoms with Crippen molar-refractivity contribution in [1.29, 1.82) is 5.26 Å². The molecular weight excluding hydrogens is 441 g/mol. The monoisotopic (exact) mass is 463 g/mol. The molecule has 0 radical (unpaired) electrons. The van der Waals surface area contributed by atoms with Crippen molar-refractivity contribution in [2.75, 3.05) is 13.1 Å². The van der Waals surface area contributed by atoms with Gasteiger partial charge in [-0.25, -0.2) is 0 Å². The molecule has 6 heteroatoms. The highest BCUT2D eigenvalue weighted by molar-refractivity contribution is 6.30. The van der Waals surface area contributed by atoms with Crippen LogP contribution in [0.5, 0.6) is 0 Å². The highest BCUT2D eigenvalue weighted by Gasteiger charge is 2.32. The van der Waals surface area contributed by atoms with Gasteiger partial charge in [-0.05, 0) is 78.6 Å². The van der Waals surface area contributed by atoms with Crippen LogP contribution in [0.3, 0.4) is 0 Å². The summed E-state index contributed by atoms with van der Waals surface area (Å²) in [5.74, 6) is -0.118. The Morgan fingerprint density at radius 1 is 1.06 bits per heavy atom. The lowest BCUT2D eigenvalue weighted by Gasteiger charge is -2.30. The smallest absolute Gasteiger partial charge is 0.251 e. The summed E-state index contributed by atoms with van der Waals surface area (Å²) >= 11 is 12.3. The summed E-state index contributed by atoms with van der Waals surface area (Å²) in [6, 6.07) is 22.8. The summed E-state index contributed by atoms with van der Waals surface area (Å²) in [6.45, 7) is 3.66. The third kappa shape index (κ3) is 4.97. The van der Waals surface area contributed by atoms with Gasteiger partial charge < -0.3 is 5.32 Å². The Hall–Kier alpha value is -2.84. The fraction of sp³-hybridized carbons (Fsp3) is 0.231. The van der Waals surface area contributed by atoms with Crippen molar-refractivity contribution >= 4 is 29.1 Å². The van der Waals surface area contributed by atoms with E-state index in [0.29, 0.717) is 16.1 Å². The predicted molar refractivity (Wildman–Crippen MR) is 128 cm³/mol. The van der Waals surface area contributed by atoms with Gasteiger partial charge in [-0.1, -0.05) is 41.4 Å². The van der Waals surface area contributed by atoms with E-state index in [1.807, 2.05) is 24.3 Å². The third-order valence-corrected chi connectivity index (χ3v) is 6.40. The quantitative estimate of drug-likeness (QED) is 0.522. The van der Waals surface area contributed by atoms with Crippen molar-refractivity contribution < 1.29 is 4.79 Å². The molecule has 162 valence electrons. The van der Waals surface area contributed by atoms with E-state index in [4.69, 9.17) is 28.5 Å². The Bertz CT molecular complexity index is 1150. The Morgan fingerprint density at radius 2 is 1.75 bits per heavy atom. The van der Waals surface area contributed by atoms with E-state index < -0.39 is 0 Å². The molecule has 4 rings (SSSR count). The molecule has 1 aliphatic heterocycles. The van der Waals surface area contributed by atoms with Gasteiger partial charge in [0.1, 0.15) is 0 Å². The number of carbonyl (C=O) groups excluding carboxylic acids is 1. The van der Waals surface area contributed by atoms with Crippen molar-refractivity contribution in [1.82, 2.24) is 10.2 Å². The molecule has 4 nitrogen and oxygen atoms in total. The van der Waals surface area contributed by atoms with Gasteiger partial charge in [0.15, 0.2) is 0 Å². The molecule has 0 saturated carbocycles. The van der Waals surface area contributed by atoms with Gasteiger partial charge in [-0.3, -0.25) is 9.69 Å². The van der Waals surface area contributed by atoms with Crippen molar-refractivity contribution in [3.63, 3.8) is 0 Å². The Labute approximate surface area is 198 Å². The van der Waals surface area contributed by atoms with Gasteiger partial charge in [0, 0.05) is 34.7 Å². The number of hydrogen-bond donors (Lipinski definition) is 1. The molecule has 1 fully saturated rings. The second-order valence-corrected chi connectivity index (χ2v) is 8.97. The van der Waals surface area contributed by atoms with Crippen LogP contribution in [0.1, 0.15) is 45.1 Å². The molecule has 1 N–H and O–H groups in total. The lowest BCUT2D eigenvalue weighted by molar-refractivity contribution is 0.0937. The number of carbonyl (C=O) groups is 1. The molecule has 0 aliphatic carbocycles. The second-order valence-electron chi connectivity index (χ2n) is 8.10. The van der Waals surface area contributed by atoms with Gasteiger partial charge in [-0.2, -0.15) is 5.26 Å². The molecule has 3 aromatic carbocycles. The summed E-state index contributed by atoms with van der Waals surface area (Å²) in [4.78, 5) is 15.1. The lowest BCUT2D eigenvalue weighted by atomic mass is 9.94. The average Bonchev–Trinajstić information content (AvgIpc) is 3.24. The van der Waals surface area contributed by atoms with Crippen molar-refractivity contribution in [2.24, 2.45) is 0 Å². The molecule has 1 amide bonds. The van der Waals surface area contributed by atoms with Gasteiger partial charge in [0.25, 0.3) is 5.91 Å². The number of aryl methyl sites for hydroxylation is 1. The molecular formula is C26H23Cl2N3O. The predicted octanol–water partition coefficient (Wildman–Crippen LogP) is 5.77. The molecule has 1 heterocycles. The summed E-state index contributed by atoms with van der Waals surface area (Å²) in [6.07, 6.45) is 0.860. The van der Waals surface area contributed by atoms with Crippen molar-refractivity contribution in [3.8, 4) is 6.07 Å². The number of nitrogens with one attached hydrogen (secondary N) is 1. The summed E-state index contributed by atoms with van der Waals surface area (Å²) in [5, 5.41) is 13.5. The normalized spacial score (nSPS) is 17.0. The fourth-order valence-electron chi connectivity index (χ4n) is 4.28. The zero-order valence-corrected chi connectivity index (χ0v) is 19.2. The van der Waals surface area contributed by atoms with Crippen LogP contribution in [0.15, 0.2) is 66.7 Å². The van der Waals surface area contributed by atoms with Crippen LogP contribution in [0.25, 0.3) is 0 Å². The maximum Gasteiger partial charge on any atom is 0.251 e. The molecule has 0 spiro atoms. The Morgan fingerprint density at radius 3 is 2.41 bits per heavy atom. The number of benzene rings is 3. The number of likely N-dealkylation sites (tertiary alicyclic amines) is 1. The van der Waals surface area contributed by atoms with Crippen LogP contribution in [0.2, 0.25) is 10.0 Å². The standard InChI is InChI=1S/C26H23Cl2N3O/c1-17-14-22(28)10-11-24(17)25(19-6-8-21(27)9-7-19)31-13-12-23(16-31)30-26(32)20-4-2-18(15-29)3-5-20/h2-11,14,23,25H,12-13,16H2,1H3,(H,30,32)/t23?,25-/m1/s1. The number of amides is 1. The van der Waals surface area contributed by atoms with Gasteiger partial charge in [0.05, 0.1) is 17.7 Å². The van der Waals surface area contributed by atoms with Crippen LogP contribution in [0, 0.1) is 18.3 Å². The van der Waals surface area contributed by atoms with E-state index in [9.17, 15) is 4.79 Å². The van der Waals surface area contributed by atoms with E-state index >= 15 is 0 Å². The molecule has 1 unspecified atom stereocenters. The second kappa shape index (κ2) is 9.75. The highest BCUT2D eigenvalue weighted by Crippen LogP contribution is 2.35. The zero-order chi connectivity index (χ0) is 22.7. The summed E-state index contributed by atoms with van der Waals surface area (Å²) in [7, 11) is 0. The van der Waals surface area contributed by atoms with Crippen LogP contribution in [0.4, 0.5) is 0 Å². The minimum absolute atomic E-state index is 0.0422. The first kappa shape index (κ1) is 22.4. The van der Waals surface area contributed by atoms with E-state index in [1.54, 1.807) is 24.3 Å². The topological polar surface area (TPSA) is 56.1 Å². The first-order chi connectivity index (χ1) is 15.4. The summed E-state index contributed by atoms with van der Waals surface area (Å²) in [5.41, 5.74) is 4.57. The molecule has 0 bridgehead atoms. The van der Waals surface area contributed by atoms with E-state index in [-0.39, 0.29) is 18.0 Å². The van der Waals surface area contributed by atoms with Crippen LogP contribution >= 0.6 is 23.2 Å². The van der Waals surface area contributed by atoms with Crippen molar-refractivity contribution in [3.05, 3.63) is 105 Å².